The monoisotopic (exact) mass is 388 g/mol. The van der Waals surface area contributed by atoms with Gasteiger partial charge in [0.2, 0.25) is 11.8 Å². The molecule has 1 aromatic carbocycles. The fourth-order valence-corrected chi connectivity index (χ4v) is 3.53. The zero-order chi connectivity index (χ0) is 20.5. The lowest BCUT2D eigenvalue weighted by atomic mass is 9.92. The first-order valence-corrected chi connectivity index (χ1v) is 9.13. The fraction of sp³-hybridized carbons (Fsp3) is 0.474. The second kappa shape index (κ2) is 7.49. The van der Waals surface area contributed by atoms with Gasteiger partial charge in [0.1, 0.15) is 11.3 Å². The van der Waals surface area contributed by atoms with E-state index in [2.05, 4.69) is 10.7 Å². The largest absolute Gasteiger partial charge is 0.497 e. The highest BCUT2D eigenvalue weighted by Crippen LogP contribution is 2.30. The number of imide groups is 1. The molecule has 2 aliphatic rings. The smallest absolute Gasteiger partial charge is 0.344 e. The van der Waals surface area contributed by atoms with Crippen LogP contribution in [0.4, 0.5) is 4.79 Å². The number of methoxy groups -OCH3 is 1. The van der Waals surface area contributed by atoms with Gasteiger partial charge in [-0.1, -0.05) is 12.1 Å². The van der Waals surface area contributed by atoms with Gasteiger partial charge in [-0.3, -0.25) is 19.8 Å². The van der Waals surface area contributed by atoms with Crippen molar-refractivity contribution in [1.82, 2.24) is 20.7 Å². The number of carbonyl (C=O) groups excluding carboxylic acids is 4. The van der Waals surface area contributed by atoms with E-state index in [-0.39, 0.29) is 11.8 Å². The molecule has 150 valence electrons. The molecule has 0 spiro atoms. The van der Waals surface area contributed by atoms with E-state index in [4.69, 9.17) is 4.74 Å². The van der Waals surface area contributed by atoms with E-state index in [0.717, 1.165) is 5.01 Å². The minimum atomic E-state index is -1.31. The molecule has 5 amide bonds. The minimum absolute atomic E-state index is 0.0259. The van der Waals surface area contributed by atoms with Crippen molar-refractivity contribution < 1.29 is 23.9 Å². The van der Waals surface area contributed by atoms with E-state index < -0.39 is 23.4 Å². The summed E-state index contributed by atoms with van der Waals surface area (Å²) < 4.78 is 5.18. The van der Waals surface area contributed by atoms with Gasteiger partial charge in [-0.15, -0.1) is 0 Å². The average molecular weight is 388 g/mol. The molecule has 2 fully saturated rings. The number of benzene rings is 1. The average Bonchev–Trinajstić information content (AvgIpc) is 2.92. The maximum absolute atomic E-state index is 12.9. The van der Waals surface area contributed by atoms with Gasteiger partial charge in [0.15, 0.2) is 0 Å². The van der Waals surface area contributed by atoms with Crippen molar-refractivity contribution in [3.63, 3.8) is 0 Å². The van der Waals surface area contributed by atoms with Gasteiger partial charge in [0, 0.05) is 25.9 Å². The highest BCUT2D eigenvalue weighted by atomic mass is 16.5. The zero-order valence-corrected chi connectivity index (χ0v) is 16.2. The Morgan fingerprint density at radius 1 is 1.25 bits per heavy atom. The lowest BCUT2D eigenvalue weighted by Gasteiger charge is -2.31. The summed E-state index contributed by atoms with van der Waals surface area (Å²) in [6.45, 7) is 4.04. The highest BCUT2D eigenvalue weighted by Gasteiger charge is 2.50. The van der Waals surface area contributed by atoms with Gasteiger partial charge in [0.25, 0.3) is 5.91 Å². The summed E-state index contributed by atoms with van der Waals surface area (Å²) in [5, 5.41) is 3.38. The van der Waals surface area contributed by atoms with Gasteiger partial charge in [-0.2, -0.15) is 5.01 Å². The third kappa shape index (κ3) is 3.51. The number of urea groups is 1. The van der Waals surface area contributed by atoms with Crippen molar-refractivity contribution >= 4 is 23.8 Å². The van der Waals surface area contributed by atoms with Crippen LogP contribution in [0.3, 0.4) is 0 Å². The Balaban J connectivity index is 1.70. The summed E-state index contributed by atoms with van der Waals surface area (Å²) >= 11 is 0. The molecule has 28 heavy (non-hydrogen) atoms. The number of nitrogens with zero attached hydrogens (tertiary/aromatic N) is 2. The molecule has 0 aliphatic carbocycles. The maximum atomic E-state index is 12.9. The maximum Gasteiger partial charge on any atom is 0.344 e. The van der Waals surface area contributed by atoms with Crippen LogP contribution in [0.2, 0.25) is 0 Å². The molecule has 3 rings (SSSR count). The second-order valence-electron chi connectivity index (χ2n) is 7.18. The van der Waals surface area contributed by atoms with Crippen molar-refractivity contribution in [1.29, 1.82) is 0 Å². The molecule has 0 unspecified atom stereocenters. The summed E-state index contributed by atoms with van der Waals surface area (Å²) in [6, 6.07) is 6.15. The highest BCUT2D eigenvalue weighted by molar-refractivity contribution is 6.08. The number of carbonyl (C=O) groups is 4. The van der Waals surface area contributed by atoms with E-state index in [1.165, 1.54) is 14.0 Å². The Labute approximate surface area is 163 Å². The number of amides is 5. The molecule has 0 bridgehead atoms. The van der Waals surface area contributed by atoms with Crippen LogP contribution < -0.4 is 15.5 Å². The van der Waals surface area contributed by atoms with Crippen LogP contribution in [-0.2, 0) is 19.9 Å². The Morgan fingerprint density at radius 2 is 1.93 bits per heavy atom. The molecular formula is C19H24N4O5. The molecule has 0 saturated carbocycles. The molecule has 2 saturated heterocycles. The molecule has 1 atom stereocenters. The number of likely N-dealkylation sites (tertiary alicyclic amines) is 1. The standard InChI is InChI=1S/C19H24N4O5/c1-12(24)22-9-7-13(8-10-22)16(25)21-23-17(26)19(2,20-18(23)27)14-5-4-6-15(11-14)28-3/h4-6,11,13H,7-10H2,1-3H3,(H,20,27)(H,21,25)/t19-/m0/s1. The first-order valence-electron chi connectivity index (χ1n) is 9.13. The first kappa shape index (κ1) is 19.7. The summed E-state index contributed by atoms with van der Waals surface area (Å²) in [5.74, 6) is -0.802. The van der Waals surface area contributed by atoms with Gasteiger partial charge < -0.3 is 15.0 Å². The van der Waals surface area contributed by atoms with Gasteiger partial charge in [-0.25, -0.2) is 4.79 Å². The number of rotatable bonds is 4. The van der Waals surface area contributed by atoms with Crippen LogP contribution in [0.1, 0.15) is 32.3 Å². The van der Waals surface area contributed by atoms with Crippen molar-refractivity contribution in [3.8, 4) is 5.75 Å². The van der Waals surface area contributed by atoms with Crippen LogP contribution in [-0.4, -0.2) is 53.9 Å². The summed E-state index contributed by atoms with van der Waals surface area (Å²) in [4.78, 5) is 51.0. The third-order valence-electron chi connectivity index (χ3n) is 5.37. The van der Waals surface area contributed by atoms with Crippen LogP contribution in [0.5, 0.6) is 5.75 Å². The zero-order valence-electron chi connectivity index (χ0n) is 16.2. The second-order valence-corrected chi connectivity index (χ2v) is 7.18. The van der Waals surface area contributed by atoms with Gasteiger partial charge in [-0.05, 0) is 37.5 Å². The molecule has 1 aromatic rings. The molecule has 2 N–H and O–H groups in total. The van der Waals surface area contributed by atoms with Crippen molar-refractivity contribution in [3.05, 3.63) is 29.8 Å². The summed E-state index contributed by atoms with van der Waals surface area (Å²) in [6.07, 6.45) is 0.977. The SMILES string of the molecule is COc1cccc([C@]2(C)NC(=O)N(NC(=O)C3CCN(C(C)=O)CC3)C2=O)c1. The van der Waals surface area contributed by atoms with E-state index >= 15 is 0 Å². The molecular weight excluding hydrogens is 364 g/mol. The normalized spacial score (nSPS) is 22.8. The Morgan fingerprint density at radius 3 is 2.54 bits per heavy atom. The van der Waals surface area contributed by atoms with Crippen LogP contribution in [0.25, 0.3) is 0 Å². The number of ether oxygens (including phenoxy) is 1. The van der Waals surface area contributed by atoms with E-state index in [1.807, 2.05) is 0 Å². The van der Waals surface area contributed by atoms with Gasteiger partial charge in [0.05, 0.1) is 7.11 Å². The minimum Gasteiger partial charge on any atom is -0.497 e. The Kier molecular flexibility index (Phi) is 5.26. The predicted octanol–water partition coefficient (Wildman–Crippen LogP) is 0.752. The molecule has 0 aromatic heterocycles. The molecule has 0 radical (unpaired) electrons. The topological polar surface area (TPSA) is 108 Å². The van der Waals surface area contributed by atoms with Crippen LogP contribution >= 0.6 is 0 Å². The summed E-state index contributed by atoms with van der Waals surface area (Å²) in [5.41, 5.74) is 1.69. The molecule has 2 heterocycles. The van der Waals surface area contributed by atoms with Crippen molar-refractivity contribution in [2.24, 2.45) is 5.92 Å². The lowest BCUT2D eigenvalue weighted by Crippen LogP contribution is -2.51. The van der Waals surface area contributed by atoms with Crippen molar-refractivity contribution in [2.75, 3.05) is 20.2 Å². The molecule has 2 aliphatic heterocycles. The Bertz CT molecular complexity index is 818. The van der Waals surface area contributed by atoms with E-state index in [1.54, 1.807) is 36.1 Å². The van der Waals surface area contributed by atoms with E-state index in [9.17, 15) is 19.2 Å². The number of nitrogens with one attached hydrogen (secondary N) is 2. The first-order chi connectivity index (χ1) is 13.3. The molecule has 9 heteroatoms. The molecule has 9 nitrogen and oxygen atoms in total. The van der Waals surface area contributed by atoms with Gasteiger partial charge >= 0.3 is 6.03 Å². The fourth-order valence-electron chi connectivity index (χ4n) is 3.53. The lowest BCUT2D eigenvalue weighted by molar-refractivity contribution is -0.142. The number of piperidine rings is 1. The van der Waals surface area contributed by atoms with Crippen molar-refractivity contribution in [2.45, 2.75) is 32.2 Å². The number of hydrogen-bond acceptors (Lipinski definition) is 5. The van der Waals surface area contributed by atoms with Crippen LogP contribution in [0, 0.1) is 5.92 Å². The predicted molar refractivity (Wildman–Crippen MR) is 98.8 cm³/mol. The number of hydrogen-bond donors (Lipinski definition) is 2. The Hall–Kier alpha value is -3.10. The quantitative estimate of drug-likeness (QED) is 0.740. The van der Waals surface area contributed by atoms with E-state index in [0.29, 0.717) is 37.2 Å². The summed E-state index contributed by atoms with van der Waals surface area (Å²) in [7, 11) is 1.51. The third-order valence-corrected chi connectivity index (χ3v) is 5.37. The van der Waals surface area contributed by atoms with Crippen LogP contribution in [0.15, 0.2) is 24.3 Å². The number of hydrazine groups is 1.